The third kappa shape index (κ3) is 3.75. The number of nitrogens with zero attached hydrogens (tertiary/aromatic N) is 3. The van der Waals surface area contributed by atoms with Crippen LogP contribution in [0.3, 0.4) is 0 Å². The van der Waals surface area contributed by atoms with Gasteiger partial charge < -0.3 is 4.43 Å². The molecule has 22 heavy (non-hydrogen) atoms. The van der Waals surface area contributed by atoms with Crippen molar-refractivity contribution in [1.29, 1.82) is 0 Å². The lowest BCUT2D eigenvalue weighted by Crippen LogP contribution is -2.45. The molecule has 1 heterocycles. The third-order valence-electron chi connectivity index (χ3n) is 5.04. The predicted molar refractivity (Wildman–Crippen MR) is 88.5 cm³/mol. The Balaban J connectivity index is 2.04. The second-order valence-electron chi connectivity index (χ2n) is 7.76. The second-order valence-corrected chi connectivity index (χ2v) is 12.5. The molecule has 0 unspecified atom stereocenters. The van der Waals surface area contributed by atoms with Crippen molar-refractivity contribution in [2.45, 2.75) is 76.7 Å². The fourth-order valence-corrected chi connectivity index (χ4v) is 4.08. The zero-order valence-corrected chi connectivity index (χ0v) is 15.2. The fourth-order valence-electron chi connectivity index (χ4n) is 2.68. The first-order chi connectivity index (χ1) is 10.1. The lowest BCUT2D eigenvalue weighted by Gasteiger charge is -2.41. The summed E-state index contributed by atoms with van der Waals surface area (Å²) in [6.07, 6.45) is 7.17. The molecule has 1 aromatic rings. The largest absolute Gasteiger partial charge is 0.414 e. The van der Waals surface area contributed by atoms with E-state index < -0.39 is 13.2 Å². The maximum Gasteiger partial charge on any atom is 0.307 e. The zero-order chi connectivity index (χ0) is 16.5. The summed E-state index contributed by atoms with van der Waals surface area (Å²) in [6, 6.07) is 0.206. The van der Waals surface area contributed by atoms with Crippen molar-refractivity contribution < 1.29 is 9.35 Å². The van der Waals surface area contributed by atoms with Gasteiger partial charge in [0.05, 0.1) is 11.0 Å². The van der Waals surface area contributed by atoms with Gasteiger partial charge in [-0.25, -0.2) is 0 Å². The minimum absolute atomic E-state index is 0.0624. The molecular formula is C15H27N3O3Si. The van der Waals surface area contributed by atoms with Gasteiger partial charge in [0.2, 0.25) is 0 Å². The first-order valence-corrected chi connectivity index (χ1v) is 10.9. The van der Waals surface area contributed by atoms with E-state index in [1.54, 1.807) is 10.9 Å². The third-order valence-corrected chi connectivity index (χ3v) is 9.57. The fraction of sp³-hybridized carbons (Fsp3) is 0.800. The standard InChI is InChI=1S/C15H27N3O3Si/c1-15(2,3)22(4,5)21-14-8-6-7-12(9-14)17-11-13(10-16-17)18(19)20/h10-12,14H,6-9H2,1-5H3/t12-,14-/m1/s1. The number of hydrogen-bond donors (Lipinski definition) is 0. The van der Waals surface area contributed by atoms with Crippen molar-refractivity contribution in [2.75, 3.05) is 0 Å². The Hall–Kier alpha value is -1.21. The molecule has 0 aromatic carbocycles. The molecule has 2 rings (SSSR count). The molecule has 6 nitrogen and oxygen atoms in total. The highest BCUT2D eigenvalue weighted by Crippen LogP contribution is 2.40. The highest BCUT2D eigenvalue weighted by molar-refractivity contribution is 6.74. The minimum atomic E-state index is -1.77. The Morgan fingerprint density at radius 3 is 2.64 bits per heavy atom. The lowest BCUT2D eigenvalue weighted by atomic mass is 9.93. The highest BCUT2D eigenvalue weighted by atomic mass is 28.4. The summed E-state index contributed by atoms with van der Waals surface area (Å²) in [7, 11) is -1.77. The summed E-state index contributed by atoms with van der Waals surface area (Å²) in [5.41, 5.74) is 0.0624. The van der Waals surface area contributed by atoms with E-state index in [1.165, 1.54) is 6.20 Å². The quantitative estimate of drug-likeness (QED) is 0.470. The van der Waals surface area contributed by atoms with Crippen molar-refractivity contribution in [1.82, 2.24) is 9.78 Å². The summed E-state index contributed by atoms with van der Waals surface area (Å²) in [6.45, 7) is 11.3. The molecule has 0 saturated heterocycles. The maximum atomic E-state index is 10.8. The van der Waals surface area contributed by atoms with Gasteiger partial charge in [0.1, 0.15) is 12.4 Å². The van der Waals surface area contributed by atoms with Crippen molar-refractivity contribution in [3.63, 3.8) is 0 Å². The highest BCUT2D eigenvalue weighted by Gasteiger charge is 2.40. The summed E-state index contributed by atoms with van der Waals surface area (Å²) in [5, 5.41) is 15.2. The van der Waals surface area contributed by atoms with Gasteiger partial charge in [-0.2, -0.15) is 5.10 Å². The van der Waals surface area contributed by atoms with Crippen LogP contribution in [-0.2, 0) is 4.43 Å². The number of aromatic nitrogens is 2. The molecule has 0 bridgehead atoms. The molecule has 0 amide bonds. The Morgan fingerprint density at radius 2 is 2.09 bits per heavy atom. The van der Waals surface area contributed by atoms with Crippen LogP contribution in [0, 0.1) is 10.1 Å². The molecule has 2 atom stereocenters. The van der Waals surface area contributed by atoms with E-state index in [0.29, 0.717) is 0 Å². The van der Waals surface area contributed by atoms with Crippen molar-refractivity contribution in [3.8, 4) is 0 Å². The van der Waals surface area contributed by atoms with Crippen LogP contribution in [0.1, 0.15) is 52.5 Å². The number of hydrogen-bond acceptors (Lipinski definition) is 4. The molecule has 0 radical (unpaired) electrons. The molecule has 0 spiro atoms. The average molecular weight is 325 g/mol. The van der Waals surface area contributed by atoms with Crippen LogP contribution in [0.25, 0.3) is 0 Å². The van der Waals surface area contributed by atoms with E-state index in [0.717, 1.165) is 25.7 Å². The molecule has 1 saturated carbocycles. The monoisotopic (exact) mass is 325 g/mol. The first-order valence-electron chi connectivity index (χ1n) is 7.96. The second kappa shape index (κ2) is 6.12. The average Bonchev–Trinajstić information content (AvgIpc) is 2.86. The maximum absolute atomic E-state index is 10.8. The number of nitro groups is 1. The molecule has 7 heteroatoms. The van der Waals surface area contributed by atoms with E-state index in [2.05, 4.69) is 39.0 Å². The minimum Gasteiger partial charge on any atom is -0.414 e. The van der Waals surface area contributed by atoms with E-state index in [1.807, 2.05) is 0 Å². The van der Waals surface area contributed by atoms with Crippen LogP contribution in [0.15, 0.2) is 12.4 Å². The summed E-state index contributed by atoms with van der Waals surface area (Å²) < 4.78 is 8.26. The van der Waals surface area contributed by atoms with Crippen LogP contribution in [-0.4, -0.2) is 29.1 Å². The van der Waals surface area contributed by atoms with Crippen LogP contribution < -0.4 is 0 Å². The molecular weight excluding hydrogens is 298 g/mol. The zero-order valence-electron chi connectivity index (χ0n) is 14.2. The van der Waals surface area contributed by atoms with Crippen molar-refractivity contribution in [2.24, 2.45) is 0 Å². The number of rotatable bonds is 4. The van der Waals surface area contributed by atoms with Crippen molar-refractivity contribution >= 4 is 14.0 Å². The molecule has 1 fully saturated rings. The summed E-state index contributed by atoms with van der Waals surface area (Å²) in [4.78, 5) is 10.4. The van der Waals surface area contributed by atoms with E-state index in [9.17, 15) is 10.1 Å². The summed E-state index contributed by atoms with van der Waals surface area (Å²) in [5.74, 6) is 0. The van der Waals surface area contributed by atoms with Crippen molar-refractivity contribution in [3.05, 3.63) is 22.5 Å². The topological polar surface area (TPSA) is 70.2 Å². The molecule has 124 valence electrons. The van der Waals surface area contributed by atoms with Crippen LogP contribution in [0.2, 0.25) is 18.1 Å². The van der Waals surface area contributed by atoms with Crippen LogP contribution in [0.5, 0.6) is 0 Å². The molecule has 0 N–H and O–H groups in total. The molecule has 0 aliphatic heterocycles. The Bertz CT molecular complexity index is 536. The first kappa shape index (κ1) is 17.1. The molecule has 1 aliphatic carbocycles. The van der Waals surface area contributed by atoms with Gasteiger partial charge in [0, 0.05) is 6.10 Å². The van der Waals surface area contributed by atoms with Crippen LogP contribution >= 0.6 is 0 Å². The summed E-state index contributed by atoms with van der Waals surface area (Å²) >= 11 is 0. The molecule has 1 aromatic heterocycles. The Labute approximate surface area is 133 Å². The van der Waals surface area contributed by atoms with Crippen LogP contribution in [0.4, 0.5) is 5.69 Å². The molecule has 1 aliphatic rings. The van der Waals surface area contributed by atoms with Gasteiger partial charge in [0.25, 0.3) is 0 Å². The van der Waals surface area contributed by atoms with Gasteiger partial charge in [-0.3, -0.25) is 14.8 Å². The van der Waals surface area contributed by atoms with E-state index in [4.69, 9.17) is 4.43 Å². The lowest BCUT2D eigenvalue weighted by molar-refractivity contribution is -0.385. The SMILES string of the molecule is CC(C)(C)[Si](C)(C)O[C@@H]1CCC[C@@H](n2cc([N+](=O)[O-])cn2)C1. The van der Waals surface area contributed by atoms with Gasteiger partial charge in [0.15, 0.2) is 8.32 Å². The predicted octanol–water partition coefficient (Wildman–Crippen LogP) is 4.30. The Kier molecular flexibility index (Phi) is 4.77. The van der Waals surface area contributed by atoms with Gasteiger partial charge in [-0.1, -0.05) is 20.8 Å². The normalized spacial score (nSPS) is 23.5. The Morgan fingerprint density at radius 1 is 1.41 bits per heavy atom. The van der Waals surface area contributed by atoms with E-state index >= 15 is 0 Å². The van der Waals surface area contributed by atoms with E-state index in [-0.39, 0.29) is 22.9 Å². The van der Waals surface area contributed by atoms with Gasteiger partial charge in [-0.15, -0.1) is 0 Å². The smallest absolute Gasteiger partial charge is 0.307 e. The van der Waals surface area contributed by atoms with Gasteiger partial charge >= 0.3 is 5.69 Å². The van der Waals surface area contributed by atoms with Gasteiger partial charge in [-0.05, 0) is 43.8 Å².